The van der Waals surface area contributed by atoms with E-state index in [1.807, 2.05) is 0 Å². The fraction of sp³-hybridized carbons (Fsp3) is 0.385. The van der Waals surface area contributed by atoms with Gasteiger partial charge < -0.3 is 15.4 Å². The van der Waals surface area contributed by atoms with E-state index in [4.69, 9.17) is 23.2 Å². The molecule has 0 aliphatic heterocycles. The number of amides is 2. The van der Waals surface area contributed by atoms with E-state index in [0.717, 1.165) is 0 Å². The Bertz CT molecular complexity index is 506. The molecule has 0 heterocycles. The Morgan fingerprint density at radius 3 is 2.35 bits per heavy atom. The van der Waals surface area contributed by atoms with Crippen molar-refractivity contribution in [3.63, 3.8) is 0 Å². The van der Waals surface area contributed by atoms with E-state index < -0.39 is 18.0 Å². The first-order chi connectivity index (χ1) is 9.35. The first-order valence-electron chi connectivity index (χ1n) is 5.95. The minimum absolute atomic E-state index is 0.0954. The monoisotopic (exact) mass is 318 g/mol. The highest BCUT2D eigenvalue weighted by molar-refractivity contribution is 6.42. The second-order valence-electron chi connectivity index (χ2n) is 4.47. The Morgan fingerprint density at radius 2 is 1.85 bits per heavy atom. The van der Waals surface area contributed by atoms with Gasteiger partial charge in [-0.2, -0.15) is 0 Å². The van der Waals surface area contributed by atoms with E-state index in [1.165, 1.54) is 13.2 Å². The molecule has 0 radical (unpaired) electrons. The van der Waals surface area contributed by atoms with Gasteiger partial charge in [-0.15, -0.1) is 0 Å². The van der Waals surface area contributed by atoms with Crippen LogP contribution < -0.4 is 10.6 Å². The van der Waals surface area contributed by atoms with Crippen molar-refractivity contribution in [1.82, 2.24) is 5.32 Å². The highest BCUT2D eigenvalue weighted by Gasteiger charge is 2.24. The van der Waals surface area contributed by atoms with Gasteiger partial charge in [-0.05, 0) is 24.1 Å². The number of ether oxygens (including phenoxy) is 1. The predicted molar refractivity (Wildman–Crippen MR) is 79.3 cm³/mol. The van der Waals surface area contributed by atoms with Crippen LogP contribution in [0.5, 0.6) is 0 Å². The second-order valence-corrected chi connectivity index (χ2v) is 5.29. The van der Waals surface area contributed by atoms with Crippen LogP contribution in [0.15, 0.2) is 18.2 Å². The average molecular weight is 319 g/mol. The fourth-order valence-corrected chi connectivity index (χ4v) is 1.81. The molecule has 0 spiro atoms. The number of halogens is 2. The molecule has 0 unspecified atom stereocenters. The Labute approximate surface area is 127 Å². The third-order valence-corrected chi connectivity index (χ3v) is 3.32. The number of hydrogen-bond donors (Lipinski definition) is 2. The molecule has 0 saturated carbocycles. The number of hydrogen-bond acceptors (Lipinski definition) is 3. The van der Waals surface area contributed by atoms with Gasteiger partial charge in [0.25, 0.3) is 0 Å². The van der Waals surface area contributed by atoms with Crippen LogP contribution in [0, 0.1) is 5.92 Å². The van der Waals surface area contributed by atoms with Crippen LogP contribution in [0.2, 0.25) is 10.0 Å². The van der Waals surface area contributed by atoms with Gasteiger partial charge in [0.1, 0.15) is 6.04 Å². The van der Waals surface area contributed by atoms with Gasteiger partial charge in [-0.1, -0.05) is 37.0 Å². The quantitative estimate of drug-likeness (QED) is 0.837. The van der Waals surface area contributed by atoms with Crippen LogP contribution >= 0.6 is 23.2 Å². The van der Waals surface area contributed by atoms with Gasteiger partial charge in [0.05, 0.1) is 17.2 Å². The lowest BCUT2D eigenvalue weighted by Gasteiger charge is -2.20. The number of methoxy groups -OCH3 is 1. The summed E-state index contributed by atoms with van der Waals surface area (Å²) in [6.07, 6.45) is 0. The lowest BCUT2D eigenvalue weighted by molar-refractivity contribution is -0.143. The third-order valence-electron chi connectivity index (χ3n) is 2.59. The molecule has 110 valence electrons. The summed E-state index contributed by atoms with van der Waals surface area (Å²) in [7, 11) is 1.27. The van der Waals surface area contributed by atoms with Crippen LogP contribution in [-0.4, -0.2) is 25.2 Å². The molecule has 0 saturated heterocycles. The van der Waals surface area contributed by atoms with E-state index in [2.05, 4.69) is 15.4 Å². The lowest BCUT2D eigenvalue weighted by atomic mass is 10.1. The van der Waals surface area contributed by atoms with E-state index in [1.54, 1.807) is 26.0 Å². The number of carbonyl (C=O) groups is 2. The van der Waals surface area contributed by atoms with Gasteiger partial charge in [0.15, 0.2) is 0 Å². The van der Waals surface area contributed by atoms with Gasteiger partial charge in [-0.3, -0.25) is 0 Å². The predicted octanol–water partition coefficient (Wildman–Crippen LogP) is 3.31. The largest absolute Gasteiger partial charge is 0.467 e. The standard InChI is InChI=1S/C13H16Cl2N2O3/c1-7(2)11(12(18)20-3)17-13(19)16-8-4-5-9(14)10(15)6-8/h4-7,11H,1-3H3,(H2,16,17,19)/t11-/m1/s1. The molecule has 1 aromatic carbocycles. The van der Waals surface area contributed by atoms with Crippen LogP contribution in [0.1, 0.15) is 13.8 Å². The number of nitrogens with one attached hydrogen (secondary N) is 2. The van der Waals surface area contributed by atoms with Crippen molar-refractivity contribution in [2.24, 2.45) is 5.92 Å². The molecule has 2 amide bonds. The summed E-state index contributed by atoms with van der Waals surface area (Å²) in [5.41, 5.74) is 0.476. The highest BCUT2D eigenvalue weighted by atomic mass is 35.5. The minimum Gasteiger partial charge on any atom is -0.467 e. The molecule has 0 aromatic heterocycles. The summed E-state index contributed by atoms with van der Waals surface area (Å²) in [6, 6.07) is 3.46. The van der Waals surface area contributed by atoms with Crippen LogP contribution in [0.4, 0.5) is 10.5 Å². The maximum atomic E-state index is 11.8. The molecule has 0 bridgehead atoms. The van der Waals surface area contributed by atoms with E-state index in [0.29, 0.717) is 15.7 Å². The number of urea groups is 1. The zero-order chi connectivity index (χ0) is 15.3. The summed E-state index contributed by atoms with van der Waals surface area (Å²) >= 11 is 11.6. The number of rotatable bonds is 4. The topological polar surface area (TPSA) is 67.4 Å². The lowest BCUT2D eigenvalue weighted by Crippen LogP contribution is -2.46. The maximum Gasteiger partial charge on any atom is 0.328 e. The maximum absolute atomic E-state index is 11.8. The summed E-state index contributed by atoms with van der Waals surface area (Å²) in [5, 5.41) is 5.85. The number of carbonyl (C=O) groups excluding carboxylic acids is 2. The van der Waals surface area contributed by atoms with Gasteiger partial charge in [-0.25, -0.2) is 9.59 Å². The van der Waals surface area contributed by atoms with Crippen LogP contribution in [0.25, 0.3) is 0 Å². The van der Waals surface area contributed by atoms with Gasteiger partial charge in [0, 0.05) is 5.69 Å². The molecule has 0 aliphatic carbocycles. The first kappa shape index (κ1) is 16.6. The second kappa shape index (κ2) is 7.36. The Kier molecular flexibility index (Phi) is 6.10. The van der Waals surface area contributed by atoms with Crippen molar-refractivity contribution in [1.29, 1.82) is 0 Å². The molecule has 0 fully saturated rings. The molecule has 1 rings (SSSR count). The molecular weight excluding hydrogens is 303 g/mol. The van der Waals surface area contributed by atoms with Crippen molar-refractivity contribution >= 4 is 40.9 Å². The Hall–Kier alpha value is -1.46. The van der Waals surface area contributed by atoms with Crippen molar-refractivity contribution in [2.75, 3.05) is 12.4 Å². The van der Waals surface area contributed by atoms with Crippen LogP contribution in [-0.2, 0) is 9.53 Å². The molecule has 2 N–H and O–H groups in total. The zero-order valence-corrected chi connectivity index (χ0v) is 12.9. The molecule has 7 heteroatoms. The minimum atomic E-state index is -0.720. The SMILES string of the molecule is COC(=O)[C@H](NC(=O)Nc1ccc(Cl)c(Cl)c1)C(C)C. The van der Waals surface area contributed by atoms with E-state index >= 15 is 0 Å². The number of esters is 1. The smallest absolute Gasteiger partial charge is 0.328 e. The van der Waals surface area contributed by atoms with Gasteiger partial charge in [0.2, 0.25) is 0 Å². The summed E-state index contributed by atoms with van der Waals surface area (Å²) in [4.78, 5) is 23.4. The summed E-state index contributed by atoms with van der Waals surface area (Å²) < 4.78 is 4.64. The van der Waals surface area contributed by atoms with Crippen molar-refractivity contribution < 1.29 is 14.3 Å². The molecular formula is C13H16Cl2N2O3. The third kappa shape index (κ3) is 4.58. The summed E-state index contributed by atoms with van der Waals surface area (Å²) in [5.74, 6) is -0.591. The van der Waals surface area contributed by atoms with E-state index in [9.17, 15) is 9.59 Å². The average Bonchev–Trinajstić information content (AvgIpc) is 2.39. The Balaban J connectivity index is 2.70. The van der Waals surface area contributed by atoms with Crippen molar-refractivity contribution in [2.45, 2.75) is 19.9 Å². The van der Waals surface area contributed by atoms with Gasteiger partial charge >= 0.3 is 12.0 Å². The molecule has 20 heavy (non-hydrogen) atoms. The van der Waals surface area contributed by atoms with Crippen molar-refractivity contribution in [3.8, 4) is 0 Å². The van der Waals surface area contributed by atoms with Crippen LogP contribution in [0.3, 0.4) is 0 Å². The summed E-state index contributed by atoms with van der Waals surface area (Å²) in [6.45, 7) is 3.61. The number of anilines is 1. The normalized spacial score (nSPS) is 11.9. The Morgan fingerprint density at radius 1 is 1.20 bits per heavy atom. The van der Waals surface area contributed by atoms with Crippen molar-refractivity contribution in [3.05, 3.63) is 28.2 Å². The first-order valence-corrected chi connectivity index (χ1v) is 6.71. The van der Waals surface area contributed by atoms with E-state index in [-0.39, 0.29) is 5.92 Å². The zero-order valence-electron chi connectivity index (χ0n) is 11.4. The molecule has 1 atom stereocenters. The highest BCUT2D eigenvalue weighted by Crippen LogP contribution is 2.24. The fourth-order valence-electron chi connectivity index (χ4n) is 1.51. The molecule has 1 aromatic rings. The number of benzene rings is 1. The molecule has 0 aliphatic rings. The molecule has 5 nitrogen and oxygen atoms in total.